The molecule has 5 rings (SSSR count). The van der Waals surface area contributed by atoms with Crippen molar-refractivity contribution in [3.8, 4) is 0 Å². The Morgan fingerprint density at radius 3 is 2.77 bits per heavy atom. The fourth-order valence-electron chi connectivity index (χ4n) is 5.28. The molecule has 0 bridgehead atoms. The molecule has 2 heterocycles. The second kappa shape index (κ2) is 6.38. The van der Waals surface area contributed by atoms with Crippen LogP contribution in [-0.2, 0) is 11.2 Å². The number of para-hydroxylation sites is 1. The third-order valence-corrected chi connectivity index (χ3v) is 6.79. The van der Waals surface area contributed by atoms with Crippen LogP contribution < -0.4 is 5.32 Å². The van der Waals surface area contributed by atoms with Gasteiger partial charge in [-0.25, -0.2) is 4.98 Å². The summed E-state index contributed by atoms with van der Waals surface area (Å²) < 4.78 is 0. The number of aromatic nitrogens is 2. The molecule has 3 aliphatic rings. The number of benzene rings is 1. The minimum atomic E-state index is 0.262. The molecule has 3 fully saturated rings. The zero-order valence-electron chi connectivity index (χ0n) is 15.5. The molecule has 5 heteroatoms. The van der Waals surface area contributed by atoms with Gasteiger partial charge in [0.15, 0.2) is 0 Å². The number of hydrogen-bond acceptors (Lipinski definition) is 3. The maximum Gasteiger partial charge on any atom is 0.223 e. The van der Waals surface area contributed by atoms with Crippen LogP contribution in [0.1, 0.15) is 37.1 Å². The van der Waals surface area contributed by atoms with E-state index in [2.05, 4.69) is 39.2 Å². The number of hydrogen-bond donors (Lipinski definition) is 2. The number of piperidine rings is 1. The number of amides is 1. The van der Waals surface area contributed by atoms with Crippen molar-refractivity contribution in [2.45, 2.75) is 45.1 Å². The molecule has 0 spiro atoms. The predicted octanol–water partition coefficient (Wildman–Crippen LogP) is 2.65. The smallest absolute Gasteiger partial charge is 0.223 e. The Kier molecular flexibility index (Phi) is 4.00. The van der Waals surface area contributed by atoms with Crippen LogP contribution in [0.5, 0.6) is 0 Å². The number of likely N-dealkylation sites (tertiary alicyclic amines) is 1. The van der Waals surface area contributed by atoms with Crippen LogP contribution >= 0.6 is 0 Å². The molecule has 1 aliphatic heterocycles. The SMILES string of the molecule is Cc1cccc2[nH]c(CCNC(=O)C3C4CN(C5CCCC5)CC43)nc12. The van der Waals surface area contributed by atoms with E-state index in [1.165, 1.54) is 31.2 Å². The van der Waals surface area contributed by atoms with Crippen molar-refractivity contribution < 1.29 is 4.79 Å². The Morgan fingerprint density at radius 2 is 2.04 bits per heavy atom. The zero-order valence-corrected chi connectivity index (χ0v) is 15.5. The maximum atomic E-state index is 12.5. The molecule has 2 atom stereocenters. The number of nitrogens with zero attached hydrogens (tertiary/aromatic N) is 2. The van der Waals surface area contributed by atoms with Gasteiger partial charge in [0.05, 0.1) is 11.0 Å². The summed E-state index contributed by atoms with van der Waals surface area (Å²) in [5.74, 6) is 2.72. The molecular weight excluding hydrogens is 324 g/mol. The van der Waals surface area contributed by atoms with Crippen LogP contribution in [0.15, 0.2) is 18.2 Å². The van der Waals surface area contributed by atoms with Gasteiger partial charge in [-0.15, -0.1) is 0 Å². The van der Waals surface area contributed by atoms with E-state index in [0.29, 0.717) is 18.4 Å². The van der Waals surface area contributed by atoms with Crippen molar-refractivity contribution in [3.63, 3.8) is 0 Å². The van der Waals surface area contributed by atoms with Gasteiger partial charge < -0.3 is 10.3 Å². The summed E-state index contributed by atoms with van der Waals surface area (Å²) in [4.78, 5) is 23.2. The van der Waals surface area contributed by atoms with Crippen LogP contribution in [0.25, 0.3) is 11.0 Å². The van der Waals surface area contributed by atoms with Crippen LogP contribution in [0.3, 0.4) is 0 Å². The zero-order chi connectivity index (χ0) is 17.7. The first kappa shape index (κ1) is 16.3. The summed E-state index contributed by atoms with van der Waals surface area (Å²) in [6, 6.07) is 6.99. The lowest BCUT2D eigenvalue weighted by Crippen LogP contribution is -2.37. The Morgan fingerprint density at radius 1 is 1.27 bits per heavy atom. The highest BCUT2D eigenvalue weighted by atomic mass is 16.2. The molecule has 2 saturated carbocycles. The largest absolute Gasteiger partial charge is 0.355 e. The van der Waals surface area contributed by atoms with Crippen LogP contribution in [0, 0.1) is 24.7 Å². The topological polar surface area (TPSA) is 61.0 Å². The minimum absolute atomic E-state index is 0.262. The second-order valence-electron chi connectivity index (χ2n) is 8.44. The number of carbonyl (C=O) groups is 1. The van der Waals surface area contributed by atoms with Crippen molar-refractivity contribution in [2.75, 3.05) is 19.6 Å². The fraction of sp³-hybridized carbons (Fsp3) is 0.619. The van der Waals surface area contributed by atoms with E-state index in [9.17, 15) is 4.79 Å². The Bertz CT molecular complexity index is 811. The number of imidazole rings is 1. The molecule has 2 N–H and O–H groups in total. The monoisotopic (exact) mass is 352 g/mol. The molecule has 1 aromatic heterocycles. The number of H-pyrrole nitrogens is 1. The lowest BCUT2D eigenvalue weighted by atomic mass is 10.1. The van der Waals surface area contributed by atoms with E-state index in [1.807, 2.05) is 6.07 Å². The molecule has 26 heavy (non-hydrogen) atoms. The van der Waals surface area contributed by atoms with E-state index >= 15 is 0 Å². The van der Waals surface area contributed by atoms with E-state index in [1.54, 1.807) is 0 Å². The van der Waals surface area contributed by atoms with Gasteiger partial charge >= 0.3 is 0 Å². The van der Waals surface area contributed by atoms with Crippen LogP contribution in [0.2, 0.25) is 0 Å². The molecule has 1 amide bonds. The molecular formula is C21H28N4O. The minimum Gasteiger partial charge on any atom is -0.355 e. The molecule has 1 saturated heterocycles. The summed E-state index contributed by atoms with van der Waals surface area (Å²) in [5.41, 5.74) is 3.30. The van der Waals surface area contributed by atoms with Crippen molar-refractivity contribution in [1.29, 1.82) is 0 Å². The third-order valence-electron chi connectivity index (χ3n) is 6.79. The van der Waals surface area contributed by atoms with Gasteiger partial charge in [-0.1, -0.05) is 25.0 Å². The molecule has 0 radical (unpaired) electrons. The first-order chi connectivity index (χ1) is 12.7. The first-order valence-corrected chi connectivity index (χ1v) is 10.2. The number of fused-ring (bicyclic) bond motifs is 2. The van der Waals surface area contributed by atoms with Gasteiger partial charge in [-0.2, -0.15) is 0 Å². The lowest BCUT2D eigenvalue weighted by molar-refractivity contribution is -0.123. The number of rotatable bonds is 5. The van der Waals surface area contributed by atoms with Gasteiger partial charge in [-0.3, -0.25) is 9.69 Å². The summed E-state index contributed by atoms with van der Waals surface area (Å²) in [5, 5.41) is 3.15. The van der Waals surface area contributed by atoms with Crippen LogP contribution in [0.4, 0.5) is 0 Å². The molecule has 2 aromatic rings. The van der Waals surface area contributed by atoms with Gasteiger partial charge in [0.2, 0.25) is 5.91 Å². The predicted molar refractivity (Wildman–Crippen MR) is 102 cm³/mol. The van der Waals surface area contributed by atoms with Crippen molar-refractivity contribution in [1.82, 2.24) is 20.2 Å². The van der Waals surface area contributed by atoms with E-state index in [-0.39, 0.29) is 11.8 Å². The quantitative estimate of drug-likeness (QED) is 0.870. The highest BCUT2D eigenvalue weighted by Crippen LogP contribution is 2.53. The van der Waals surface area contributed by atoms with E-state index in [0.717, 1.165) is 42.4 Å². The van der Waals surface area contributed by atoms with E-state index in [4.69, 9.17) is 0 Å². The Balaban J connectivity index is 1.10. The first-order valence-electron chi connectivity index (χ1n) is 10.2. The van der Waals surface area contributed by atoms with Gasteiger partial charge in [-0.05, 0) is 43.2 Å². The third kappa shape index (κ3) is 2.82. The molecule has 138 valence electrons. The molecule has 5 nitrogen and oxygen atoms in total. The Labute approximate surface area is 154 Å². The maximum absolute atomic E-state index is 12.5. The normalized spacial score (nSPS) is 28.6. The molecule has 2 aliphatic carbocycles. The van der Waals surface area contributed by atoms with E-state index < -0.39 is 0 Å². The summed E-state index contributed by atoms with van der Waals surface area (Å²) in [6.07, 6.45) is 6.28. The second-order valence-corrected chi connectivity index (χ2v) is 8.44. The molecule has 1 aromatic carbocycles. The number of aryl methyl sites for hydroxylation is 1. The van der Waals surface area contributed by atoms with Crippen molar-refractivity contribution in [3.05, 3.63) is 29.6 Å². The van der Waals surface area contributed by atoms with Gasteiger partial charge in [0.25, 0.3) is 0 Å². The average Bonchev–Trinajstić information content (AvgIpc) is 3.12. The van der Waals surface area contributed by atoms with Crippen molar-refractivity contribution in [2.24, 2.45) is 17.8 Å². The van der Waals surface area contributed by atoms with Gasteiger partial charge in [0, 0.05) is 38.0 Å². The van der Waals surface area contributed by atoms with Crippen LogP contribution in [-0.4, -0.2) is 46.5 Å². The fourth-order valence-corrected chi connectivity index (χ4v) is 5.28. The summed E-state index contributed by atoms with van der Waals surface area (Å²) in [6.45, 7) is 5.04. The average molecular weight is 352 g/mol. The Hall–Kier alpha value is -1.88. The molecule has 2 unspecified atom stereocenters. The summed E-state index contributed by atoms with van der Waals surface area (Å²) in [7, 11) is 0. The number of aromatic amines is 1. The van der Waals surface area contributed by atoms with Crippen molar-refractivity contribution >= 4 is 16.9 Å². The lowest BCUT2D eigenvalue weighted by Gasteiger charge is -2.26. The number of carbonyl (C=O) groups excluding carboxylic acids is 1. The highest BCUT2D eigenvalue weighted by molar-refractivity contribution is 5.82. The standard InChI is InChI=1S/C21H28N4O/c1-13-5-4-8-17-20(13)24-18(23-17)9-10-22-21(26)19-15-11-25(12-16(15)19)14-6-2-3-7-14/h4-5,8,14-16,19H,2-3,6-7,9-12H2,1H3,(H,22,26)(H,23,24). The number of nitrogens with one attached hydrogen (secondary N) is 2. The van der Waals surface area contributed by atoms with Gasteiger partial charge in [0.1, 0.15) is 5.82 Å². The summed E-state index contributed by atoms with van der Waals surface area (Å²) >= 11 is 0. The highest BCUT2D eigenvalue weighted by Gasteiger charge is 2.59.